The Morgan fingerprint density at radius 1 is 1.35 bits per heavy atom. The number of hydrogen-bond acceptors (Lipinski definition) is 3. The second-order valence-electron chi connectivity index (χ2n) is 3.86. The Kier molecular flexibility index (Phi) is 3.77. The van der Waals surface area contributed by atoms with Gasteiger partial charge in [-0.3, -0.25) is 0 Å². The maximum absolute atomic E-state index is 5.72. The van der Waals surface area contributed by atoms with E-state index in [2.05, 4.69) is 10.3 Å². The highest BCUT2D eigenvalue weighted by Crippen LogP contribution is 2.14. The molecule has 0 saturated heterocycles. The highest BCUT2D eigenvalue weighted by atomic mass is 16.5. The van der Waals surface area contributed by atoms with Crippen LogP contribution in [0.25, 0.3) is 0 Å². The van der Waals surface area contributed by atoms with Gasteiger partial charge in [-0.05, 0) is 19.2 Å². The van der Waals surface area contributed by atoms with Crippen LogP contribution in [0.4, 0.5) is 0 Å². The van der Waals surface area contributed by atoms with Gasteiger partial charge in [-0.2, -0.15) is 0 Å². The van der Waals surface area contributed by atoms with Crippen LogP contribution >= 0.6 is 0 Å². The summed E-state index contributed by atoms with van der Waals surface area (Å²) >= 11 is 0. The van der Waals surface area contributed by atoms with Crippen LogP contribution in [0.2, 0.25) is 0 Å². The average Bonchev–Trinajstić information content (AvgIpc) is 2.78. The number of benzene rings is 1. The SMILES string of the molecule is CNC(COc1ccccc1)c1nccn1C. The summed E-state index contributed by atoms with van der Waals surface area (Å²) in [7, 11) is 3.89. The molecule has 2 aromatic rings. The predicted octanol–water partition coefficient (Wildman–Crippen LogP) is 1.76. The molecule has 0 amide bonds. The fourth-order valence-electron chi connectivity index (χ4n) is 1.70. The van der Waals surface area contributed by atoms with E-state index in [1.165, 1.54) is 0 Å². The fraction of sp³-hybridized carbons (Fsp3) is 0.308. The van der Waals surface area contributed by atoms with E-state index in [-0.39, 0.29) is 6.04 Å². The minimum Gasteiger partial charge on any atom is -0.491 e. The lowest BCUT2D eigenvalue weighted by Gasteiger charge is -2.16. The van der Waals surface area contributed by atoms with E-state index in [9.17, 15) is 0 Å². The Balaban J connectivity index is 2.00. The highest BCUT2D eigenvalue weighted by Gasteiger charge is 2.14. The normalized spacial score (nSPS) is 12.4. The van der Waals surface area contributed by atoms with Crippen LogP contribution in [-0.4, -0.2) is 23.2 Å². The molecule has 4 nitrogen and oxygen atoms in total. The maximum Gasteiger partial charge on any atom is 0.129 e. The number of nitrogens with zero attached hydrogens (tertiary/aromatic N) is 2. The third-order valence-corrected chi connectivity index (χ3v) is 2.68. The molecule has 90 valence electrons. The van der Waals surface area contributed by atoms with Crippen molar-refractivity contribution in [1.29, 1.82) is 0 Å². The summed E-state index contributed by atoms with van der Waals surface area (Å²) in [6.07, 6.45) is 3.73. The van der Waals surface area contributed by atoms with Gasteiger partial charge in [0.1, 0.15) is 18.2 Å². The second-order valence-corrected chi connectivity index (χ2v) is 3.86. The first-order chi connectivity index (χ1) is 8.31. The van der Waals surface area contributed by atoms with E-state index < -0.39 is 0 Å². The molecule has 1 heterocycles. The van der Waals surface area contributed by atoms with E-state index in [4.69, 9.17) is 4.74 Å². The molecular weight excluding hydrogens is 214 g/mol. The van der Waals surface area contributed by atoms with Gasteiger partial charge in [-0.1, -0.05) is 18.2 Å². The number of imidazole rings is 1. The van der Waals surface area contributed by atoms with Gasteiger partial charge in [-0.15, -0.1) is 0 Å². The van der Waals surface area contributed by atoms with Crippen molar-refractivity contribution < 1.29 is 4.74 Å². The van der Waals surface area contributed by atoms with Crippen molar-refractivity contribution in [3.8, 4) is 5.75 Å². The molecule has 2 rings (SSSR count). The Morgan fingerprint density at radius 2 is 2.12 bits per heavy atom. The largest absolute Gasteiger partial charge is 0.491 e. The first-order valence-electron chi connectivity index (χ1n) is 5.63. The lowest BCUT2D eigenvalue weighted by Crippen LogP contribution is -2.26. The Bertz CT molecular complexity index is 453. The van der Waals surface area contributed by atoms with Crippen LogP contribution in [0.5, 0.6) is 5.75 Å². The average molecular weight is 231 g/mol. The molecule has 0 saturated carbocycles. The van der Waals surface area contributed by atoms with E-state index >= 15 is 0 Å². The third-order valence-electron chi connectivity index (χ3n) is 2.68. The van der Waals surface area contributed by atoms with Gasteiger partial charge in [0, 0.05) is 19.4 Å². The number of nitrogens with one attached hydrogen (secondary N) is 1. The molecule has 0 radical (unpaired) electrons. The van der Waals surface area contributed by atoms with E-state index in [1.807, 2.05) is 55.2 Å². The van der Waals surface area contributed by atoms with Gasteiger partial charge in [0.2, 0.25) is 0 Å². The quantitative estimate of drug-likeness (QED) is 0.852. The topological polar surface area (TPSA) is 39.1 Å². The Hall–Kier alpha value is -1.81. The van der Waals surface area contributed by atoms with E-state index in [0.29, 0.717) is 6.61 Å². The van der Waals surface area contributed by atoms with Gasteiger partial charge in [-0.25, -0.2) is 4.98 Å². The maximum atomic E-state index is 5.72. The molecular formula is C13H17N3O. The van der Waals surface area contributed by atoms with Crippen molar-refractivity contribution in [3.63, 3.8) is 0 Å². The summed E-state index contributed by atoms with van der Waals surface area (Å²) in [4.78, 5) is 4.32. The number of aryl methyl sites for hydroxylation is 1. The van der Waals surface area contributed by atoms with Crippen LogP contribution < -0.4 is 10.1 Å². The van der Waals surface area contributed by atoms with Gasteiger partial charge in [0.25, 0.3) is 0 Å². The van der Waals surface area contributed by atoms with Crippen molar-refractivity contribution in [2.75, 3.05) is 13.7 Å². The molecule has 1 aromatic carbocycles. The number of hydrogen-bond donors (Lipinski definition) is 1. The van der Waals surface area contributed by atoms with Gasteiger partial charge < -0.3 is 14.6 Å². The van der Waals surface area contributed by atoms with Crippen LogP contribution in [0.15, 0.2) is 42.7 Å². The van der Waals surface area contributed by atoms with E-state index in [1.54, 1.807) is 6.20 Å². The summed E-state index contributed by atoms with van der Waals surface area (Å²) < 4.78 is 7.72. The van der Waals surface area contributed by atoms with Gasteiger partial charge in [0.15, 0.2) is 0 Å². The first kappa shape index (κ1) is 11.7. The Morgan fingerprint density at radius 3 is 2.71 bits per heavy atom. The molecule has 17 heavy (non-hydrogen) atoms. The first-order valence-corrected chi connectivity index (χ1v) is 5.63. The number of rotatable bonds is 5. The number of para-hydroxylation sites is 1. The smallest absolute Gasteiger partial charge is 0.129 e. The summed E-state index contributed by atoms with van der Waals surface area (Å²) in [5, 5.41) is 3.21. The minimum absolute atomic E-state index is 0.0928. The lowest BCUT2D eigenvalue weighted by atomic mass is 10.3. The molecule has 1 unspecified atom stereocenters. The van der Waals surface area contributed by atoms with E-state index in [0.717, 1.165) is 11.6 Å². The number of ether oxygens (including phenoxy) is 1. The zero-order valence-electron chi connectivity index (χ0n) is 10.1. The molecule has 1 atom stereocenters. The highest BCUT2D eigenvalue weighted by molar-refractivity contribution is 5.21. The monoisotopic (exact) mass is 231 g/mol. The number of aromatic nitrogens is 2. The fourth-order valence-corrected chi connectivity index (χ4v) is 1.70. The minimum atomic E-state index is 0.0928. The van der Waals surface area contributed by atoms with Crippen molar-refractivity contribution in [2.24, 2.45) is 7.05 Å². The lowest BCUT2D eigenvalue weighted by molar-refractivity contribution is 0.265. The second kappa shape index (κ2) is 5.50. The van der Waals surface area contributed by atoms with Crippen LogP contribution in [-0.2, 0) is 7.05 Å². The summed E-state index contributed by atoms with van der Waals surface area (Å²) in [6, 6.07) is 9.89. The predicted molar refractivity (Wildman–Crippen MR) is 66.9 cm³/mol. The van der Waals surface area contributed by atoms with Crippen LogP contribution in [0, 0.1) is 0 Å². The number of likely N-dealkylation sites (N-methyl/N-ethyl adjacent to an activating group) is 1. The van der Waals surface area contributed by atoms with Crippen molar-refractivity contribution in [2.45, 2.75) is 6.04 Å². The zero-order valence-corrected chi connectivity index (χ0v) is 10.1. The molecule has 0 fully saturated rings. The summed E-state index contributed by atoms with van der Waals surface area (Å²) in [5.74, 6) is 1.85. The molecule has 1 N–H and O–H groups in total. The van der Waals surface area contributed by atoms with Crippen molar-refractivity contribution >= 4 is 0 Å². The van der Waals surface area contributed by atoms with Crippen molar-refractivity contribution in [3.05, 3.63) is 48.5 Å². The Labute approximate surface area is 101 Å². The third kappa shape index (κ3) is 2.85. The van der Waals surface area contributed by atoms with Gasteiger partial charge >= 0.3 is 0 Å². The molecule has 0 aliphatic carbocycles. The molecule has 0 aliphatic rings. The standard InChI is InChI=1S/C13H17N3O/c1-14-12(13-15-8-9-16(13)2)10-17-11-6-4-3-5-7-11/h3-9,12,14H,10H2,1-2H3. The summed E-state index contributed by atoms with van der Waals surface area (Å²) in [5.41, 5.74) is 0. The molecule has 4 heteroatoms. The van der Waals surface area contributed by atoms with Crippen molar-refractivity contribution in [1.82, 2.24) is 14.9 Å². The van der Waals surface area contributed by atoms with Crippen LogP contribution in [0.3, 0.4) is 0 Å². The van der Waals surface area contributed by atoms with Crippen LogP contribution in [0.1, 0.15) is 11.9 Å². The molecule has 0 bridgehead atoms. The molecule has 1 aromatic heterocycles. The van der Waals surface area contributed by atoms with Gasteiger partial charge in [0.05, 0.1) is 6.04 Å². The summed E-state index contributed by atoms with van der Waals surface area (Å²) in [6.45, 7) is 0.561. The molecule has 0 aliphatic heterocycles. The molecule has 0 spiro atoms. The zero-order chi connectivity index (χ0) is 12.1.